The maximum Gasteiger partial charge on any atom is 0.227 e. The predicted molar refractivity (Wildman–Crippen MR) is 108 cm³/mol. The number of allylic oxidation sites excluding steroid dienone is 3. The fourth-order valence-electron chi connectivity index (χ4n) is 3.55. The Kier molecular flexibility index (Phi) is 7.89. The van der Waals surface area contributed by atoms with Crippen molar-refractivity contribution in [3.8, 4) is 0 Å². The lowest BCUT2D eigenvalue weighted by Gasteiger charge is -2.17. The van der Waals surface area contributed by atoms with Crippen LogP contribution in [0.4, 0.5) is 11.4 Å². The van der Waals surface area contributed by atoms with Crippen LogP contribution in [0.3, 0.4) is 0 Å². The molecule has 0 unspecified atom stereocenters. The highest BCUT2D eigenvalue weighted by Crippen LogP contribution is 2.38. The van der Waals surface area contributed by atoms with Crippen LogP contribution in [0.25, 0.3) is 0 Å². The van der Waals surface area contributed by atoms with E-state index < -0.39 is 10.2 Å². The average molecular weight is 445 g/mol. The first-order valence-corrected chi connectivity index (χ1v) is 10.7. The molecule has 1 aliphatic rings. The number of fused-ring (bicyclic) bond motifs is 1. The fourth-order valence-corrected chi connectivity index (χ4v) is 3.55. The molecule has 7 nitrogen and oxygen atoms in total. The zero-order valence-electron chi connectivity index (χ0n) is 17.8. The van der Waals surface area contributed by atoms with E-state index in [9.17, 15) is 4.79 Å². The van der Waals surface area contributed by atoms with Crippen molar-refractivity contribution >= 4 is 23.0 Å². The van der Waals surface area contributed by atoms with Gasteiger partial charge in [0.2, 0.25) is 11.6 Å². The zero-order valence-corrected chi connectivity index (χ0v) is 18.6. The summed E-state index contributed by atoms with van der Waals surface area (Å²) in [7, 11) is -2.84. The molecule has 0 atom stereocenters. The van der Waals surface area contributed by atoms with E-state index in [1.807, 2.05) is 48.7 Å². The van der Waals surface area contributed by atoms with E-state index in [2.05, 4.69) is 55.8 Å². The van der Waals surface area contributed by atoms with Crippen LogP contribution in [0.1, 0.15) is 26.3 Å². The summed E-state index contributed by atoms with van der Waals surface area (Å²) in [6.07, 6.45) is 7.84. The van der Waals surface area contributed by atoms with Gasteiger partial charge >= 0.3 is 0 Å². The molecule has 0 spiro atoms. The molecule has 0 fully saturated rings. The molecule has 164 valence electrons. The Balaban J connectivity index is 0.000000614. The van der Waals surface area contributed by atoms with Gasteiger partial charge in [-0.1, -0.05) is 42.5 Å². The topological polar surface area (TPSA) is 116 Å². The van der Waals surface area contributed by atoms with E-state index in [-0.39, 0.29) is 11.3 Å². The minimum Gasteiger partial charge on any atom is -0.288 e. The molecule has 3 rings (SSSR count). The van der Waals surface area contributed by atoms with Crippen molar-refractivity contribution in [1.29, 1.82) is 0 Å². The molecule has 1 amide bonds. The number of benzene rings is 2. The van der Waals surface area contributed by atoms with Gasteiger partial charge in [0, 0.05) is 36.5 Å². The number of rotatable bonds is 4. The lowest BCUT2D eigenvalue weighted by Crippen LogP contribution is -2.68. The third-order valence-corrected chi connectivity index (χ3v) is 4.91. The number of halogens is 1. The van der Waals surface area contributed by atoms with Crippen molar-refractivity contribution in [1.82, 2.24) is 0 Å². The lowest BCUT2D eigenvalue weighted by molar-refractivity contribution is -2.00. The number of amides is 1. The van der Waals surface area contributed by atoms with E-state index >= 15 is 0 Å². The summed E-state index contributed by atoms with van der Waals surface area (Å²) in [6.45, 7) is 6.05. The van der Waals surface area contributed by atoms with Crippen molar-refractivity contribution in [3.63, 3.8) is 0 Å². The Hall–Kier alpha value is -2.81. The first kappa shape index (κ1) is 24.5. The molecule has 1 heterocycles. The first-order valence-electron chi connectivity index (χ1n) is 9.45. The Morgan fingerprint density at radius 2 is 1.52 bits per heavy atom. The monoisotopic (exact) mass is 444 g/mol. The summed E-state index contributed by atoms with van der Waals surface area (Å²) >= 11 is 0. The molecule has 2 aromatic rings. The first-order chi connectivity index (χ1) is 14.4. The van der Waals surface area contributed by atoms with Crippen LogP contribution in [0.15, 0.2) is 79.0 Å². The van der Waals surface area contributed by atoms with Gasteiger partial charge in [0.15, 0.2) is 5.71 Å². The van der Waals surface area contributed by atoms with Crippen LogP contribution in [0.5, 0.6) is 0 Å². The highest BCUT2D eigenvalue weighted by molar-refractivity contribution is 6.03. The van der Waals surface area contributed by atoms with Gasteiger partial charge in [-0.25, -0.2) is 18.6 Å². The summed E-state index contributed by atoms with van der Waals surface area (Å²) in [5.74, 6) is -0.0146. The predicted octanol–water partition coefficient (Wildman–Crippen LogP) is 0.0596. The molecule has 0 N–H and O–H groups in total. The number of anilines is 1. The Morgan fingerprint density at radius 3 is 2.06 bits per heavy atom. The summed E-state index contributed by atoms with van der Waals surface area (Å²) in [5, 5.41) is 0. The normalized spacial score (nSPS) is 15.1. The minimum atomic E-state index is -4.94. The van der Waals surface area contributed by atoms with E-state index in [4.69, 9.17) is 18.6 Å². The molecular formula is C23H25ClN2O5. The van der Waals surface area contributed by atoms with Gasteiger partial charge in [0.1, 0.15) is 7.05 Å². The number of hydrogen-bond donors (Lipinski definition) is 0. The van der Waals surface area contributed by atoms with Gasteiger partial charge < -0.3 is 0 Å². The Bertz CT molecular complexity index is 1000. The molecule has 0 radical (unpaired) electrons. The van der Waals surface area contributed by atoms with Gasteiger partial charge in [0.25, 0.3) is 0 Å². The summed E-state index contributed by atoms with van der Waals surface area (Å²) in [5.41, 5.74) is 4.63. The SMILES string of the molecule is CC(=O)N(/C=C/C=C/C1=[N+](C)c2ccccc2C1(C)C)c1ccccc1.[O-][Cl+3]([O-])([O-])[O-]. The van der Waals surface area contributed by atoms with E-state index in [0.29, 0.717) is 0 Å². The summed E-state index contributed by atoms with van der Waals surface area (Å²) < 4.78 is 36.2. The fraction of sp³-hybridized carbons (Fsp3) is 0.217. The third-order valence-electron chi connectivity index (χ3n) is 4.91. The highest BCUT2D eigenvalue weighted by Gasteiger charge is 2.42. The maximum absolute atomic E-state index is 11.9. The summed E-state index contributed by atoms with van der Waals surface area (Å²) in [4.78, 5) is 13.6. The number of nitrogens with zero attached hydrogens (tertiary/aromatic N) is 2. The number of hydrogen-bond acceptors (Lipinski definition) is 5. The minimum absolute atomic E-state index is 0.0146. The van der Waals surface area contributed by atoms with Gasteiger partial charge in [-0.2, -0.15) is 4.58 Å². The second-order valence-electron chi connectivity index (χ2n) is 7.39. The molecule has 1 aliphatic heterocycles. The van der Waals surface area contributed by atoms with Crippen LogP contribution in [0, 0.1) is 10.2 Å². The van der Waals surface area contributed by atoms with Gasteiger partial charge in [0.05, 0.1) is 5.41 Å². The standard InChI is InChI=1S/C23H25N2O.ClHO4/c1-18(26)25(19-12-6-5-7-13-19)17-11-10-16-22-23(2,3)20-14-8-9-15-21(20)24(22)4;2-1(3,4)5/h5-17H,1-4H3;(H,2,3,4,5)/q+1;/p-1. The van der Waals surface area contributed by atoms with Crippen LogP contribution < -0.4 is 23.5 Å². The maximum atomic E-state index is 11.9. The molecule has 0 bridgehead atoms. The molecule has 0 aromatic heterocycles. The van der Waals surface area contributed by atoms with E-state index in [1.165, 1.54) is 17.0 Å². The lowest BCUT2D eigenvalue weighted by atomic mass is 9.81. The Labute approximate surface area is 184 Å². The van der Waals surface area contributed by atoms with E-state index in [1.54, 1.807) is 11.8 Å². The molecule has 8 heteroatoms. The Morgan fingerprint density at radius 1 is 0.968 bits per heavy atom. The third kappa shape index (κ3) is 6.58. The summed E-state index contributed by atoms with van der Waals surface area (Å²) in [6, 6.07) is 18.2. The second kappa shape index (κ2) is 10.00. The van der Waals surface area contributed by atoms with E-state index in [0.717, 1.165) is 5.69 Å². The smallest absolute Gasteiger partial charge is 0.227 e. The highest BCUT2D eigenvalue weighted by atomic mass is 35.7. The average Bonchev–Trinajstić information content (AvgIpc) is 2.87. The van der Waals surface area contributed by atoms with Crippen molar-refractivity contribution < 1.29 is 38.2 Å². The van der Waals surface area contributed by atoms with Crippen LogP contribution in [0.2, 0.25) is 0 Å². The van der Waals surface area contributed by atoms with Crippen molar-refractivity contribution in [2.45, 2.75) is 26.2 Å². The quantitative estimate of drug-likeness (QED) is 0.488. The zero-order chi connectivity index (χ0) is 23.2. The molecule has 0 aliphatic carbocycles. The van der Waals surface area contributed by atoms with Crippen molar-refractivity contribution in [2.75, 3.05) is 11.9 Å². The van der Waals surface area contributed by atoms with Crippen LogP contribution >= 0.6 is 0 Å². The second-order valence-corrected chi connectivity index (χ2v) is 8.15. The van der Waals surface area contributed by atoms with Gasteiger partial charge in [-0.3, -0.25) is 9.69 Å². The molecule has 2 aromatic carbocycles. The number of carbonyl (C=O) groups excluding carboxylic acids is 1. The number of carbonyl (C=O) groups is 1. The number of para-hydroxylation sites is 2. The van der Waals surface area contributed by atoms with Crippen molar-refractivity contribution in [3.05, 3.63) is 84.6 Å². The molecular weight excluding hydrogens is 420 g/mol. The van der Waals surface area contributed by atoms with Gasteiger partial charge in [-0.05, 0) is 32.1 Å². The molecule has 0 saturated heterocycles. The largest absolute Gasteiger partial charge is 0.288 e. The van der Waals surface area contributed by atoms with Gasteiger partial charge in [-0.15, -0.1) is 10.2 Å². The van der Waals surface area contributed by atoms with Crippen LogP contribution in [-0.4, -0.2) is 23.2 Å². The molecule has 0 saturated carbocycles. The molecule has 31 heavy (non-hydrogen) atoms. The van der Waals surface area contributed by atoms with Crippen LogP contribution in [-0.2, 0) is 10.2 Å². The van der Waals surface area contributed by atoms with Crippen molar-refractivity contribution in [2.24, 2.45) is 0 Å².